The first kappa shape index (κ1) is 13.4. The summed E-state index contributed by atoms with van der Waals surface area (Å²) < 4.78 is 0. The Morgan fingerprint density at radius 2 is 1.82 bits per heavy atom. The number of rotatable bonds is 5. The summed E-state index contributed by atoms with van der Waals surface area (Å²) in [7, 11) is 0. The van der Waals surface area contributed by atoms with Crippen molar-refractivity contribution in [2.24, 2.45) is 11.8 Å². The molecule has 1 N–H and O–H groups in total. The molecule has 2 atom stereocenters. The summed E-state index contributed by atoms with van der Waals surface area (Å²) in [5.74, 6) is 1.90. The van der Waals surface area contributed by atoms with Gasteiger partial charge in [-0.25, -0.2) is 0 Å². The molecule has 2 rings (SSSR count). The molecular weight excluding hydrogens is 208 g/mol. The van der Waals surface area contributed by atoms with Crippen molar-refractivity contribution < 1.29 is 0 Å². The van der Waals surface area contributed by atoms with Crippen LogP contribution in [-0.2, 0) is 0 Å². The smallest absolute Gasteiger partial charge is 0.00953 e. The summed E-state index contributed by atoms with van der Waals surface area (Å²) in [6, 6.07) is 0.837. The van der Waals surface area contributed by atoms with Gasteiger partial charge in [0.2, 0.25) is 0 Å². The Morgan fingerprint density at radius 1 is 1.06 bits per heavy atom. The second kappa shape index (κ2) is 6.75. The zero-order valence-corrected chi connectivity index (χ0v) is 11.8. The predicted octanol–water partition coefficient (Wildman–Crippen LogP) is 2.89. The molecule has 0 spiro atoms. The number of hydrogen-bond donors (Lipinski definition) is 1. The van der Waals surface area contributed by atoms with E-state index in [4.69, 9.17) is 0 Å². The number of hydrogen-bond acceptors (Lipinski definition) is 2. The van der Waals surface area contributed by atoms with Crippen molar-refractivity contribution in [3.05, 3.63) is 0 Å². The summed E-state index contributed by atoms with van der Waals surface area (Å²) in [6.45, 7) is 9.79. The first-order valence-corrected chi connectivity index (χ1v) is 7.79. The maximum absolute atomic E-state index is 3.87. The average molecular weight is 238 g/mol. The number of piperidine rings is 1. The molecule has 0 radical (unpaired) electrons. The van der Waals surface area contributed by atoms with Gasteiger partial charge in [-0.2, -0.15) is 0 Å². The minimum atomic E-state index is 0.837. The molecule has 1 aliphatic heterocycles. The molecule has 2 unspecified atom stereocenters. The molecule has 0 aromatic heterocycles. The van der Waals surface area contributed by atoms with Gasteiger partial charge in [0.05, 0.1) is 0 Å². The van der Waals surface area contributed by atoms with Crippen molar-refractivity contribution >= 4 is 0 Å². The second-order valence-electron chi connectivity index (χ2n) is 5.99. The summed E-state index contributed by atoms with van der Waals surface area (Å²) in [5, 5.41) is 3.87. The van der Waals surface area contributed by atoms with E-state index in [-0.39, 0.29) is 0 Å². The lowest BCUT2D eigenvalue weighted by atomic mass is 9.95. The third-order valence-electron chi connectivity index (χ3n) is 5.01. The van der Waals surface area contributed by atoms with E-state index in [2.05, 4.69) is 24.1 Å². The van der Waals surface area contributed by atoms with Gasteiger partial charge in [-0.05, 0) is 63.7 Å². The standard InChI is InChI=1S/C15H30N2/c1-3-14-6-5-7-15(14)16-12-13-8-10-17(4-2)11-9-13/h13-16H,3-12H2,1-2H3. The number of nitrogens with zero attached hydrogens (tertiary/aromatic N) is 1. The maximum atomic E-state index is 3.87. The normalized spacial score (nSPS) is 32.1. The van der Waals surface area contributed by atoms with Crippen molar-refractivity contribution in [1.29, 1.82) is 0 Å². The van der Waals surface area contributed by atoms with Crippen molar-refractivity contribution in [2.45, 2.75) is 58.4 Å². The fourth-order valence-corrected chi connectivity index (χ4v) is 3.62. The molecule has 17 heavy (non-hydrogen) atoms. The summed E-state index contributed by atoms with van der Waals surface area (Å²) in [4.78, 5) is 2.58. The molecule has 100 valence electrons. The molecule has 0 amide bonds. The van der Waals surface area contributed by atoms with Gasteiger partial charge in [0.25, 0.3) is 0 Å². The SMILES string of the molecule is CCC1CCCC1NCC1CCN(CC)CC1. The fraction of sp³-hybridized carbons (Fsp3) is 1.00. The van der Waals surface area contributed by atoms with Crippen LogP contribution in [0.4, 0.5) is 0 Å². The lowest BCUT2D eigenvalue weighted by molar-refractivity contribution is 0.185. The molecule has 1 heterocycles. The number of likely N-dealkylation sites (tertiary alicyclic amines) is 1. The van der Waals surface area contributed by atoms with Crippen molar-refractivity contribution in [3.8, 4) is 0 Å². The largest absolute Gasteiger partial charge is 0.313 e. The first-order valence-electron chi connectivity index (χ1n) is 7.79. The molecule has 1 saturated heterocycles. The van der Waals surface area contributed by atoms with Gasteiger partial charge in [-0.3, -0.25) is 0 Å². The summed E-state index contributed by atoms with van der Waals surface area (Å²) in [5.41, 5.74) is 0. The molecule has 0 bridgehead atoms. The molecule has 2 nitrogen and oxygen atoms in total. The monoisotopic (exact) mass is 238 g/mol. The predicted molar refractivity (Wildman–Crippen MR) is 74.3 cm³/mol. The van der Waals surface area contributed by atoms with E-state index in [9.17, 15) is 0 Å². The van der Waals surface area contributed by atoms with Gasteiger partial charge >= 0.3 is 0 Å². The molecule has 2 aliphatic rings. The third kappa shape index (κ3) is 3.69. The molecular formula is C15H30N2. The van der Waals surface area contributed by atoms with E-state index < -0.39 is 0 Å². The van der Waals surface area contributed by atoms with Crippen LogP contribution in [0.1, 0.15) is 52.4 Å². The van der Waals surface area contributed by atoms with Crippen molar-refractivity contribution in [2.75, 3.05) is 26.2 Å². The van der Waals surface area contributed by atoms with E-state index in [1.165, 1.54) is 64.7 Å². The van der Waals surface area contributed by atoms with E-state index in [1.807, 2.05) is 0 Å². The highest BCUT2D eigenvalue weighted by atomic mass is 15.1. The average Bonchev–Trinajstić information content (AvgIpc) is 2.84. The van der Waals surface area contributed by atoms with E-state index >= 15 is 0 Å². The molecule has 0 aromatic carbocycles. The lowest BCUT2D eigenvalue weighted by Crippen LogP contribution is -2.40. The minimum Gasteiger partial charge on any atom is -0.313 e. The van der Waals surface area contributed by atoms with Crippen LogP contribution >= 0.6 is 0 Å². The van der Waals surface area contributed by atoms with Crippen LogP contribution in [0.3, 0.4) is 0 Å². The fourth-order valence-electron chi connectivity index (χ4n) is 3.62. The maximum Gasteiger partial charge on any atom is 0.00953 e. The van der Waals surface area contributed by atoms with Crippen LogP contribution in [0.5, 0.6) is 0 Å². The Hall–Kier alpha value is -0.0800. The van der Waals surface area contributed by atoms with Crippen LogP contribution in [0.25, 0.3) is 0 Å². The van der Waals surface area contributed by atoms with Crippen LogP contribution in [0.15, 0.2) is 0 Å². The quantitative estimate of drug-likeness (QED) is 0.792. The van der Waals surface area contributed by atoms with Crippen LogP contribution in [-0.4, -0.2) is 37.1 Å². The van der Waals surface area contributed by atoms with E-state index in [0.29, 0.717) is 0 Å². The Labute approximate surface area is 107 Å². The summed E-state index contributed by atoms with van der Waals surface area (Å²) >= 11 is 0. The van der Waals surface area contributed by atoms with Crippen LogP contribution in [0.2, 0.25) is 0 Å². The Bertz CT molecular complexity index is 209. The highest BCUT2D eigenvalue weighted by Crippen LogP contribution is 2.28. The van der Waals surface area contributed by atoms with Gasteiger partial charge in [0.1, 0.15) is 0 Å². The van der Waals surface area contributed by atoms with Crippen LogP contribution in [0, 0.1) is 11.8 Å². The molecule has 2 heteroatoms. The highest BCUT2D eigenvalue weighted by molar-refractivity contribution is 4.83. The zero-order chi connectivity index (χ0) is 12.1. The van der Waals surface area contributed by atoms with Crippen molar-refractivity contribution in [3.63, 3.8) is 0 Å². The second-order valence-corrected chi connectivity index (χ2v) is 5.99. The number of nitrogens with one attached hydrogen (secondary N) is 1. The Balaban J connectivity index is 1.65. The van der Waals surface area contributed by atoms with Gasteiger partial charge in [-0.15, -0.1) is 0 Å². The van der Waals surface area contributed by atoms with E-state index in [1.54, 1.807) is 0 Å². The van der Waals surface area contributed by atoms with Gasteiger partial charge in [-0.1, -0.05) is 26.7 Å². The lowest BCUT2D eigenvalue weighted by Gasteiger charge is -2.32. The molecule has 1 aliphatic carbocycles. The highest BCUT2D eigenvalue weighted by Gasteiger charge is 2.26. The first-order chi connectivity index (χ1) is 8.33. The topological polar surface area (TPSA) is 15.3 Å². The van der Waals surface area contributed by atoms with E-state index in [0.717, 1.165) is 17.9 Å². The molecule has 0 aromatic rings. The molecule has 2 fully saturated rings. The Kier molecular flexibility index (Phi) is 5.30. The van der Waals surface area contributed by atoms with Crippen LogP contribution < -0.4 is 5.32 Å². The van der Waals surface area contributed by atoms with Gasteiger partial charge in [0, 0.05) is 6.04 Å². The molecule has 1 saturated carbocycles. The summed E-state index contributed by atoms with van der Waals surface area (Å²) in [6.07, 6.45) is 8.51. The van der Waals surface area contributed by atoms with Gasteiger partial charge < -0.3 is 10.2 Å². The van der Waals surface area contributed by atoms with Gasteiger partial charge in [0.15, 0.2) is 0 Å². The third-order valence-corrected chi connectivity index (χ3v) is 5.01. The zero-order valence-electron chi connectivity index (χ0n) is 11.8. The Morgan fingerprint density at radius 3 is 2.47 bits per heavy atom. The van der Waals surface area contributed by atoms with Crippen molar-refractivity contribution in [1.82, 2.24) is 10.2 Å². The minimum absolute atomic E-state index is 0.837.